The first-order valence-corrected chi connectivity index (χ1v) is 3.53. The van der Waals surface area contributed by atoms with Crippen LogP contribution >= 0.6 is 0 Å². The van der Waals surface area contributed by atoms with Crippen molar-refractivity contribution in [3.8, 4) is 0 Å². The van der Waals surface area contributed by atoms with Gasteiger partial charge in [-0.3, -0.25) is 5.21 Å². The molecule has 0 bridgehead atoms. The molecule has 0 aromatic carbocycles. The highest BCUT2D eigenvalue weighted by atomic mass is 16.5. The number of rotatable bonds is 2. The fourth-order valence-electron chi connectivity index (χ4n) is 0.924. The number of nitrogens with zero attached hydrogens (tertiary/aromatic N) is 1. The number of pyridine rings is 1. The van der Waals surface area contributed by atoms with Gasteiger partial charge < -0.3 is 0 Å². The van der Waals surface area contributed by atoms with E-state index in [4.69, 9.17) is 5.21 Å². The summed E-state index contributed by atoms with van der Waals surface area (Å²) >= 11 is 0. The molecule has 0 saturated carbocycles. The van der Waals surface area contributed by atoms with Crippen molar-refractivity contribution in [1.82, 2.24) is 0 Å². The van der Waals surface area contributed by atoms with Crippen LogP contribution < -0.4 is 4.73 Å². The van der Waals surface area contributed by atoms with Crippen LogP contribution in [0.2, 0.25) is 0 Å². The van der Waals surface area contributed by atoms with Gasteiger partial charge in [0.05, 0.1) is 0 Å². The smallest absolute Gasteiger partial charge is 0.234 e. The van der Waals surface area contributed by atoms with Crippen molar-refractivity contribution >= 4 is 0 Å². The highest BCUT2D eigenvalue weighted by Gasteiger charge is 2.04. The Balaban J connectivity index is 2.81. The van der Waals surface area contributed by atoms with Crippen molar-refractivity contribution in [3.63, 3.8) is 0 Å². The molecule has 0 fully saturated rings. The minimum absolute atomic E-state index is 0.928. The molecular formula is C8H12NO+. The Morgan fingerprint density at radius 2 is 2.30 bits per heavy atom. The maximum atomic E-state index is 9.16. The molecule has 0 unspecified atom stereocenters. The quantitative estimate of drug-likeness (QED) is 0.481. The molecule has 54 valence electrons. The van der Waals surface area contributed by atoms with Crippen LogP contribution in [0.4, 0.5) is 0 Å². The van der Waals surface area contributed by atoms with Gasteiger partial charge >= 0.3 is 0 Å². The predicted octanol–water partition coefficient (Wildman–Crippen LogP) is 1.16. The van der Waals surface area contributed by atoms with E-state index < -0.39 is 0 Å². The summed E-state index contributed by atoms with van der Waals surface area (Å²) in [4.78, 5) is 0. The van der Waals surface area contributed by atoms with Gasteiger partial charge in [0.2, 0.25) is 11.9 Å². The Hall–Kier alpha value is -1.05. The highest BCUT2D eigenvalue weighted by Crippen LogP contribution is 1.93. The Bertz CT molecular complexity index is 210. The molecule has 0 atom stereocenters. The van der Waals surface area contributed by atoms with Crippen LogP contribution in [-0.4, -0.2) is 5.21 Å². The summed E-state index contributed by atoms with van der Waals surface area (Å²) in [6, 6.07) is 5.65. The second-order valence-corrected chi connectivity index (χ2v) is 2.29. The topological polar surface area (TPSA) is 24.1 Å². The molecule has 1 N–H and O–H groups in total. The summed E-state index contributed by atoms with van der Waals surface area (Å²) in [5.41, 5.74) is 0.963. The lowest BCUT2D eigenvalue weighted by molar-refractivity contribution is -0.909. The molecule has 2 heteroatoms. The molecule has 0 aliphatic carbocycles. The Morgan fingerprint density at radius 1 is 1.50 bits per heavy atom. The first-order chi connectivity index (χ1) is 4.84. The van der Waals surface area contributed by atoms with Crippen LogP contribution in [0.1, 0.15) is 19.0 Å². The standard InChI is InChI=1S/C8H12NO/c1-2-5-8-6-3-4-7-9(8)10/h3-4,6-7,10H,2,5H2,1H3/q+1. The van der Waals surface area contributed by atoms with Crippen molar-refractivity contribution in [2.45, 2.75) is 19.8 Å². The minimum atomic E-state index is 0.928. The number of hydrogen-bond donors (Lipinski definition) is 1. The molecule has 2 nitrogen and oxygen atoms in total. The maximum absolute atomic E-state index is 9.16. The van der Waals surface area contributed by atoms with E-state index in [2.05, 4.69) is 6.92 Å². The van der Waals surface area contributed by atoms with Gasteiger partial charge in [-0.05, 0) is 12.5 Å². The van der Waals surface area contributed by atoms with Gasteiger partial charge in [0.25, 0.3) is 0 Å². The molecule has 0 amide bonds. The van der Waals surface area contributed by atoms with Crippen LogP contribution in [0.15, 0.2) is 24.4 Å². The lowest BCUT2D eigenvalue weighted by Crippen LogP contribution is -2.34. The summed E-state index contributed by atoms with van der Waals surface area (Å²) in [6.45, 7) is 2.09. The van der Waals surface area contributed by atoms with E-state index in [9.17, 15) is 0 Å². The van der Waals surface area contributed by atoms with Crippen molar-refractivity contribution in [2.75, 3.05) is 0 Å². The molecule has 1 rings (SSSR count). The lowest BCUT2D eigenvalue weighted by Gasteiger charge is -1.91. The van der Waals surface area contributed by atoms with Crippen LogP contribution in [0.25, 0.3) is 0 Å². The first-order valence-electron chi connectivity index (χ1n) is 3.53. The molecule has 0 aliphatic rings. The van der Waals surface area contributed by atoms with Crippen molar-refractivity contribution in [2.24, 2.45) is 0 Å². The minimum Gasteiger partial charge on any atom is -0.285 e. The molecular weight excluding hydrogens is 126 g/mol. The van der Waals surface area contributed by atoms with Crippen LogP contribution in [-0.2, 0) is 6.42 Å². The molecule has 0 radical (unpaired) electrons. The van der Waals surface area contributed by atoms with E-state index in [-0.39, 0.29) is 0 Å². The molecule has 1 aromatic heterocycles. The van der Waals surface area contributed by atoms with Crippen molar-refractivity contribution in [1.29, 1.82) is 0 Å². The molecule has 10 heavy (non-hydrogen) atoms. The monoisotopic (exact) mass is 138 g/mol. The van der Waals surface area contributed by atoms with E-state index in [1.54, 1.807) is 12.3 Å². The summed E-state index contributed by atoms with van der Waals surface area (Å²) in [5.74, 6) is 0. The fourth-order valence-corrected chi connectivity index (χ4v) is 0.924. The maximum Gasteiger partial charge on any atom is 0.234 e. The Morgan fingerprint density at radius 3 is 2.90 bits per heavy atom. The van der Waals surface area contributed by atoms with Crippen molar-refractivity contribution < 1.29 is 9.94 Å². The van der Waals surface area contributed by atoms with E-state index in [1.165, 1.54) is 4.73 Å². The van der Waals surface area contributed by atoms with Gasteiger partial charge in [0.1, 0.15) is 0 Å². The van der Waals surface area contributed by atoms with Crippen molar-refractivity contribution in [3.05, 3.63) is 30.1 Å². The SMILES string of the molecule is CCCc1cccc[n+]1O. The third-order valence-electron chi connectivity index (χ3n) is 1.43. The third kappa shape index (κ3) is 1.47. The average Bonchev–Trinajstić information content (AvgIpc) is 1.94. The Labute approximate surface area is 60.7 Å². The Kier molecular flexibility index (Phi) is 2.26. The lowest BCUT2D eigenvalue weighted by atomic mass is 10.2. The summed E-state index contributed by atoms with van der Waals surface area (Å²) in [7, 11) is 0. The fraction of sp³-hybridized carbons (Fsp3) is 0.375. The van der Waals surface area contributed by atoms with E-state index in [1.807, 2.05) is 12.1 Å². The second kappa shape index (κ2) is 3.20. The number of aromatic nitrogens is 1. The van der Waals surface area contributed by atoms with Gasteiger partial charge in [-0.25, -0.2) is 0 Å². The summed E-state index contributed by atoms with van der Waals surface area (Å²) in [6.07, 6.45) is 3.63. The third-order valence-corrected chi connectivity index (χ3v) is 1.43. The van der Waals surface area contributed by atoms with Crippen LogP contribution in [0, 0.1) is 0 Å². The summed E-state index contributed by atoms with van der Waals surface area (Å²) in [5, 5.41) is 9.16. The zero-order chi connectivity index (χ0) is 7.40. The zero-order valence-electron chi connectivity index (χ0n) is 6.12. The second-order valence-electron chi connectivity index (χ2n) is 2.29. The van der Waals surface area contributed by atoms with E-state index >= 15 is 0 Å². The van der Waals surface area contributed by atoms with Gasteiger partial charge in [-0.15, -0.1) is 0 Å². The predicted molar refractivity (Wildman–Crippen MR) is 37.8 cm³/mol. The highest BCUT2D eigenvalue weighted by molar-refractivity contribution is 4.96. The summed E-state index contributed by atoms with van der Waals surface area (Å²) < 4.78 is 1.17. The largest absolute Gasteiger partial charge is 0.285 e. The first kappa shape index (κ1) is 7.06. The molecule has 0 spiro atoms. The van der Waals surface area contributed by atoms with Gasteiger partial charge in [0, 0.05) is 23.3 Å². The van der Waals surface area contributed by atoms with E-state index in [0.717, 1.165) is 18.5 Å². The molecule has 1 heterocycles. The number of aryl methyl sites for hydroxylation is 1. The van der Waals surface area contributed by atoms with Crippen LogP contribution in [0.3, 0.4) is 0 Å². The number of hydrogen-bond acceptors (Lipinski definition) is 1. The molecule has 1 aromatic rings. The van der Waals surface area contributed by atoms with Crippen LogP contribution in [0.5, 0.6) is 0 Å². The average molecular weight is 138 g/mol. The van der Waals surface area contributed by atoms with Gasteiger partial charge in [-0.2, -0.15) is 0 Å². The normalized spacial score (nSPS) is 9.70. The molecule has 0 saturated heterocycles. The van der Waals surface area contributed by atoms with E-state index in [0.29, 0.717) is 0 Å². The zero-order valence-corrected chi connectivity index (χ0v) is 6.12. The van der Waals surface area contributed by atoms with Gasteiger partial charge in [-0.1, -0.05) is 6.92 Å². The van der Waals surface area contributed by atoms with Gasteiger partial charge in [0.15, 0.2) is 0 Å². The molecule has 0 aliphatic heterocycles.